The number of hydrogen-bond donors (Lipinski definition) is 0. The molecule has 1 atom stereocenters. The van der Waals surface area contributed by atoms with E-state index in [1.54, 1.807) is 52.6 Å². The summed E-state index contributed by atoms with van der Waals surface area (Å²) in [6.45, 7) is 0.608. The molecule has 1 aromatic heterocycles. The van der Waals surface area contributed by atoms with E-state index in [0.717, 1.165) is 30.4 Å². The summed E-state index contributed by atoms with van der Waals surface area (Å²) in [4.78, 5) is 31.7. The van der Waals surface area contributed by atoms with Gasteiger partial charge >= 0.3 is 0 Å². The van der Waals surface area contributed by atoms with Gasteiger partial charge in [-0.3, -0.25) is 9.59 Å². The van der Waals surface area contributed by atoms with Crippen molar-refractivity contribution in [3.05, 3.63) is 90.5 Å². The molecule has 4 nitrogen and oxygen atoms in total. The lowest BCUT2D eigenvalue weighted by molar-refractivity contribution is -0.134. The molecule has 1 fully saturated rings. The summed E-state index contributed by atoms with van der Waals surface area (Å²) in [5.74, 6) is -0.228. The van der Waals surface area contributed by atoms with Gasteiger partial charge in [0.15, 0.2) is 0 Å². The molecule has 1 aliphatic heterocycles. The Morgan fingerprint density at radius 1 is 0.970 bits per heavy atom. The molecule has 8 heteroatoms. The highest BCUT2D eigenvalue weighted by atomic mass is 35.5. The molecule has 3 aromatic rings. The number of thiophene rings is 1. The summed E-state index contributed by atoms with van der Waals surface area (Å²) in [5.41, 5.74) is 2.47. The van der Waals surface area contributed by atoms with Crippen molar-refractivity contribution in [2.75, 3.05) is 13.1 Å². The van der Waals surface area contributed by atoms with Gasteiger partial charge in [0.05, 0.1) is 6.04 Å². The summed E-state index contributed by atoms with van der Waals surface area (Å²) >= 11 is 20.4. The number of amides is 2. The van der Waals surface area contributed by atoms with Crippen LogP contribution in [0.15, 0.2) is 53.9 Å². The van der Waals surface area contributed by atoms with E-state index in [0.29, 0.717) is 27.2 Å². The monoisotopic (exact) mass is 518 g/mol. The first kappa shape index (κ1) is 22.7. The quantitative estimate of drug-likeness (QED) is 0.387. The number of nitrogens with zero attached hydrogens (tertiary/aromatic N) is 2. The molecule has 1 aliphatic carbocycles. The highest BCUT2D eigenvalue weighted by molar-refractivity contribution is 7.10. The van der Waals surface area contributed by atoms with Crippen LogP contribution in [0.2, 0.25) is 15.1 Å². The summed E-state index contributed by atoms with van der Waals surface area (Å²) in [6.07, 6.45) is 2.61. The Morgan fingerprint density at radius 3 is 2.39 bits per heavy atom. The number of carbonyl (C=O) groups excluding carboxylic acids is 2. The lowest BCUT2D eigenvalue weighted by atomic mass is 9.93. The number of fused-ring (bicyclic) bond motifs is 1. The maximum Gasteiger partial charge on any atom is 0.254 e. The van der Waals surface area contributed by atoms with Crippen LogP contribution in [-0.4, -0.2) is 40.7 Å². The first-order valence-electron chi connectivity index (χ1n) is 10.8. The molecule has 2 heterocycles. The molecule has 2 aliphatic rings. The number of hydrogen-bond acceptors (Lipinski definition) is 3. The highest BCUT2D eigenvalue weighted by Gasteiger charge is 2.39. The molecule has 5 rings (SSSR count). The Hall–Kier alpha value is -2.05. The fourth-order valence-electron chi connectivity index (χ4n) is 4.39. The van der Waals surface area contributed by atoms with Crippen LogP contribution in [0.3, 0.4) is 0 Å². The minimum Gasteiger partial charge on any atom is -0.330 e. The first-order valence-corrected chi connectivity index (χ1v) is 12.8. The molecular formula is C25H21Cl3N2O2S. The zero-order chi connectivity index (χ0) is 23.1. The van der Waals surface area contributed by atoms with Crippen LogP contribution in [0.5, 0.6) is 0 Å². The molecule has 2 amide bonds. The Balaban J connectivity index is 1.44. The van der Waals surface area contributed by atoms with Gasteiger partial charge in [0.25, 0.3) is 5.91 Å². The topological polar surface area (TPSA) is 40.6 Å². The number of carbonyl (C=O) groups is 2. The average molecular weight is 520 g/mol. The minimum atomic E-state index is -0.302. The number of halogens is 3. The molecule has 170 valence electrons. The smallest absolute Gasteiger partial charge is 0.254 e. The third kappa shape index (κ3) is 4.65. The second kappa shape index (κ2) is 9.30. The average Bonchev–Trinajstić information content (AvgIpc) is 3.53. The normalized spacial score (nSPS) is 17.5. The van der Waals surface area contributed by atoms with Gasteiger partial charge in [0.1, 0.15) is 6.54 Å². The van der Waals surface area contributed by atoms with Gasteiger partial charge in [-0.15, -0.1) is 11.3 Å². The molecule has 1 saturated carbocycles. The van der Waals surface area contributed by atoms with Crippen LogP contribution in [0.1, 0.15) is 45.2 Å². The molecule has 0 saturated heterocycles. The SMILES string of the molecule is O=C(c1ccc(Cl)cc1)N(CC(=O)N1CCc2sccc2C1c1ccc(Cl)cc1Cl)C1CC1. The summed E-state index contributed by atoms with van der Waals surface area (Å²) in [6, 6.07) is 14.1. The van der Waals surface area contributed by atoms with Crippen molar-refractivity contribution in [1.29, 1.82) is 0 Å². The van der Waals surface area contributed by atoms with Crippen LogP contribution in [0.4, 0.5) is 0 Å². The summed E-state index contributed by atoms with van der Waals surface area (Å²) in [5, 5.41) is 3.70. The standard InChI is InChI=1S/C25H21Cl3N2O2S/c26-16-3-1-15(2-4-16)25(32)30(18-6-7-18)14-23(31)29-11-9-22-20(10-12-33-22)24(29)19-8-5-17(27)13-21(19)28/h1-5,8,10,12-13,18,24H,6-7,9,11,14H2. The van der Waals surface area contributed by atoms with Gasteiger partial charge in [-0.05, 0) is 78.2 Å². The Bertz CT molecular complexity index is 1210. The minimum absolute atomic E-state index is 0.0350. The van der Waals surface area contributed by atoms with E-state index < -0.39 is 0 Å². The summed E-state index contributed by atoms with van der Waals surface area (Å²) in [7, 11) is 0. The van der Waals surface area contributed by atoms with Crippen molar-refractivity contribution in [3.8, 4) is 0 Å². The van der Waals surface area contributed by atoms with Crippen LogP contribution in [0.25, 0.3) is 0 Å². The van der Waals surface area contributed by atoms with Gasteiger partial charge in [-0.25, -0.2) is 0 Å². The van der Waals surface area contributed by atoms with Crippen LogP contribution >= 0.6 is 46.1 Å². The van der Waals surface area contributed by atoms with Crippen LogP contribution in [0, 0.1) is 0 Å². The molecule has 0 spiro atoms. The zero-order valence-electron chi connectivity index (χ0n) is 17.6. The van der Waals surface area contributed by atoms with Gasteiger partial charge < -0.3 is 9.80 Å². The Kier molecular flexibility index (Phi) is 6.41. The van der Waals surface area contributed by atoms with Crippen molar-refractivity contribution in [2.45, 2.75) is 31.3 Å². The van der Waals surface area contributed by atoms with E-state index in [1.165, 1.54) is 4.88 Å². The molecular weight excluding hydrogens is 499 g/mol. The molecule has 0 bridgehead atoms. The fourth-order valence-corrected chi connectivity index (χ4v) is 5.93. The second-order valence-electron chi connectivity index (χ2n) is 8.38. The van der Waals surface area contributed by atoms with E-state index in [4.69, 9.17) is 34.8 Å². The third-order valence-electron chi connectivity index (χ3n) is 6.19. The van der Waals surface area contributed by atoms with E-state index in [1.807, 2.05) is 11.0 Å². The van der Waals surface area contributed by atoms with Crippen molar-refractivity contribution in [1.82, 2.24) is 9.80 Å². The maximum atomic E-state index is 13.7. The van der Waals surface area contributed by atoms with E-state index in [-0.39, 0.29) is 30.4 Å². The highest BCUT2D eigenvalue weighted by Crippen LogP contribution is 2.41. The van der Waals surface area contributed by atoms with E-state index >= 15 is 0 Å². The third-order valence-corrected chi connectivity index (χ3v) is 8.00. The van der Waals surface area contributed by atoms with E-state index in [9.17, 15) is 9.59 Å². The molecule has 33 heavy (non-hydrogen) atoms. The predicted octanol–water partition coefficient (Wildman–Crippen LogP) is 6.49. The van der Waals surface area contributed by atoms with Crippen molar-refractivity contribution < 1.29 is 9.59 Å². The van der Waals surface area contributed by atoms with Crippen molar-refractivity contribution >= 4 is 58.0 Å². The van der Waals surface area contributed by atoms with Gasteiger partial charge in [0.2, 0.25) is 5.91 Å². The Labute approximate surface area is 211 Å². The molecule has 2 aromatic carbocycles. The largest absolute Gasteiger partial charge is 0.330 e. The maximum absolute atomic E-state index is 13.7. The second-order valence-corrected chi connectivity index (χ2v) is 10.7. The van der Waals surface area contributed by atoms with Crippen molar-refractivity contribution in [3.63, 3.8) is 0 Å². The van der Waals surface area contributed by atoms with Gasteiger partial charge in [-0.1, -0.05) is 40.9 Å². The summed E-state index contributed by atoms with van der Waals surface area (Å²) < 4.78 is 0. The van der Waals surface area contributed by atoms with Crippen LogP contribution in [-0.2, 0) is 11.2 Å². The number of rotatable bonds is 5. The van der Waals surface area contributed by atoms with E-state index in [2.05, 4.69) is 11.4 Å². The molecule has 0 N–H and O–H groups in total. The molecule has 1 unspecified atom stereocenters. The van der Waals surface area contributed by atoms with Gasteiger partial charge in [-0.2, -0.15) is 0 Å². The first-order chi connectivity index (χ1) is 15.9. The van der Waals surface area contributed by atoms with Crippen LogP contribution < -0.4 is 0 Å². The van der Waals surface area contributed by atoms with Gasteiger partial charge in [0, 0.05) is 38.1 Å². The Morgan fingerprint density at radius 2 is 1.70 bits per heavy atom. The fraction of sp³-hybridized carbons (Fsp3) is 0.280. The van der Waals surface area contributed by atoms with Crippen molar-refractivity contribution in [2.24, 2.45) is 0 Å². The molecule has 0 radical (unpaired) electrons. The predicted molar refractivity (Wildman–Crippen MR) is 134 cm³/mol. The lowest BCUT2D eigenvalue weighted by Gasteiger charge is -2.38. The zero-order valence-corrected chi connectivity index (χ0v) is 20.7. The lowest BCUT2D eigenvalue weighted by Crippen LogP contribution is -2.47. The number of benzene rings is 2.